The topological polar surface area (TPSA) is 33.1 Å². The van der Waals surface area contributed by atoms with Crippen molar-refractivity contribution in [2.75, 3.05) is 0 Å². The van der Waals surface area contributed by atoms with Crippen LogP contribution in [0.15, 0.2) is 41.7 Å². The Hall–Kier alpha value is -1.41. The van der Waals surface area contributed by atoms with Gasteiger partial charge < -0.3 is 5.11 Å². The van der Waals surface area contributed by atoms with E-state index in [-0.39, 0.29) is 11.5 Å². The summed E-state index contributed by atoms with van der Waals surface area (Å²) in [6, 6.07) is 4.35. The molecule has 1 N–H and O–H groups in total. The van der Waals surface area contributed by atoms with Crippen LogP contribution in [0.2, 0.25) is 0 Å². The molecule has 28 heavy (non-hydrogen) atoms. The van der Waals surface area contributed by atoms with E-state index in [0.29, 0.717) is 11.3 Å². The zero-order valence-corrected chi connectivity index (χ0v) is 17.9. The molecule has 0 amide bonds. The smallest absolute Gasteiger partial charge is 0.0577 e. The second-order valence-corrected chi connectivity index (χ2v) is 10.7. The second-order valence-electron chi connectivity index (χ2n) is 10.7. The van der Waals surface area contributed by atoms with Gasteiger partial charge in [-0.2, -0.15) is 0 Å². The first-order valence-electron chi connectivity index (χ1n) is 11.3. The first kappa shape index (κ1) is 18.6. The number of pyridine rings is 1. The molecule has 2 saturated carbocycles. The minimum Gasteiger partial charge on any atom is -0.393 e. The van der Waals surface area contributed by atoms with Crippen LogP contribution in [0.25, 0.3) is 5.57 Å². The summed E-state index contributed by atoms with van der Waals surface area (Å²) < 4.78 is 0. The van der Waals surface area contributed by atoms with Crippen LogP contribution in [-0.4, -0.2) is 16.2 Å². The number of fused-ring (bicyclic) bond motifs is 5. The highest BCUT2D eigenvalue weighted by Crippen LogP contribution is 2.68. The van der Waals surface area contributed by atoms with E-state index in [2.05, 4.69) is 57.1 Å². The van der Waals surface area contributed by atoms with Crippen LogP contribution in [0, 0.1) is 34.5 Å². The van der Waals surface area contributed by atoms with Gasteiger partial charge in [-0.05, 0) is 97.2 Å². The Morgan fingerprint density at radius 3 is 2.61 bits per heavy atom. The van der Waals surface area contributed by atoms with E-state index >= 15 is 0 Å². The van der Waals surface area contributed by atoms with Gasteiger partial charge in [0.05, 0.1) is 6.10 Å². The highest BCUT2D eigenvalue weighted by Gasteiger charge is 2.59. The van der Waals surface area contributed by atoms with Gasteiger partial charge in [-0.3, -0.25) is 4.98 Å². The molecule has 0 radical (unpaired) electrons. The van der Waals surface area contributed by atoms with Crippen molar-refractivity contribution in [3.63, 3.8) is 0 Å². The Balaban J connectivity index is 1.55. The maximum absolute atomic E-state index is 10.3. The Morgan fingerprint density at radius 1 is 1.07 bits per heavy atom. The third kappa shape index (κ3) is 2.46. The molecule has 2 nitrogen and oxygen atoms in total. The van der Waals surface area contributed by atoms with Gasteiger partial charge in [0.1, 0.15) is 0 Å². The minimum absolute atomic E-state index is 0.121. The molecular weight excluding hydrogens is 342 g/mol. The Kier molecular flexibility index (Phi) is 4.18. The molecule has 0 saturated heterocycles. The van der Waals surface area contributed by atoms with Crippen molar-refractivity contribution in [3.8, 4) is 0 Å². The molecule has 7 atom stereocenters. The molecule has 0 spiro atoms. The summed E-state index contributed by atoms with van der Waals surface area (Å²) in [7, 11) is 0. The minimum atomic E-state index is -0.121. The fourth-order valence-electron chi connectivity index (χ4n) is 8.02. The molecule has 4 aliphatic carbocycles. The Labute approximate surface area is 170 Å². The Bertz CT molecular complexity index is 839. The average Bonchev–Trinajstić information content (AvgIpc) is 2.94. The molecule has 0 aliphatic heterocycles. The fraction of sp³-hybridized carbons (Fsp3) is 0.654. The Morgan fingerprint density at radius 2 is 1.86 bits per heavy atom. The monoisotopic (exact) mass is 377 g/mol. The third-order valence-corrected chi connectivity index (χ3v) is 9.27. The molecule has 2 unspecified atom stereocenters. The van der Waals surface area contributed by atoms with Crippen molar-refractivity contribution in [1.29, 1.82) is 0 Å². The van der Waals surface area contributed by atoms with Crippen molar-refractivity contribution in [2.45, 2.75) is 72.3 Å². The van der Waals surface area contributed by atoms with Gasteiger partial charge in [0.15, 0.2) is 0 Å². The van der Waals surface area contributed by atoms with Crippen LogP contribution in [0.4, 0.5) is 0 Å². The highest BCUT2D eigenvalue weighted by atomic mass is 16.3. The lowest BCUT2D eigenvalue weighted by Gasteiger charge is -2.59. The molecule has 1 heterocycles. The fourth-order valence-corrected chi connectivity index (χ4v) is 8.02. The van der Waals surface area contributed by atoms with E-state index in [4.69, 9.17) is 0 Å². The van der Waals surface area contributed by atoms with E-state index in [1.54, 1.807) is 16.7 Å². The number of nitrogens with zero attached hydrogens (tertiary/aromatic N) is 1. The van der Waals surface area contributed by atoms with E-state index < -0.39 is 0 Å². The number of hydrogen-bond donors (Lipinski definition) is 1. The largest absolute Gasteiger partial charge is 0.393 e. The second kappa shape index (κ2) is 6.29. The lowest BCUT2D eigenvalue weighted by atomic mass is 9.45. The van der Waals surface area contributed by atoms with Gasteiger partial charge in [0, 0.05) is 12.4 Å². The summed E-state index contributed by atoms with van der Waals surface area (Å²) in [6.07, 6.45) is 13.3. The SMILES string of the molecule is CC1=C(c2cccnc2)[C@@]2(C)CC[C@@H]3[C@@H](C(C)C=C4CC(O)CC[C@@]43C)[C@@H]2C1. The zero-order valence-electron chi connectivity index (χ0n) is 17.9. The zero-order chi connectivity index (χ0) is 19.7. The summed E-state index contributed by atoms with van der Waals surface area (Å²) in [5.41, 5.74) is 6.68. The van der Waals surface area contributed by atoms with E-state index in [1.165, 1.54) is 31.2 Å². The summed E-state index contributed by atoms with van der Waals surface area (Å²) >= 11 is 0. The average molecular weight is 378 g/mol. The van der Waals surface area contributed by atoms with Gasteiger partial charge in [-0.15, -0.1) is 0 Å². The maximum atomic E-state index is 10.3. The van der Waals surface area contributed by atoms with Gasteiger partial charge in [-0.1, -0.05) is 44.1 Å². The number of rotatable bonds is 1. The summed E-state index contributed by atoms with van der Waals surface area (Å²) in [6.45, 7) is 9.89. The number of aliphatic hydroxyl groups excluding tert-OH is 1. The van der Waals surface area contributed by atoms with Gasteiger partial charge in [-0.25, -0.2) is 0 Å². The normalized spacial score (nSPS) is 45.2. The van der Waals surface area contributed by atoms with Crippen LogP contribution in [0.3, 0.4) is 0 Å². The predicted molar refractivity (Wildman–Crippen MR) is 114 cm³/mol. The quantitative estimate of drug-likeness (QED) is 0.606. The molecule has 1 aromatic heterocycles. The number of aliphatic hydroxyl groups is 1. The first-order valence-corrected chi connectivity index (χ1v) is 11.3. The summed E-state index contributed by atoms with van der Waals surface area (Å²) in [5.74, 6) is 2.88. The molecule has 0 bridgehead atoms. The number of allylic oxidation sites excluding steroid dienone is 3. The van der Waals surface area contributed by atoms with Crippen molar-refractivity contribution in [2.24, 2.45) is 34.5 Å². The number of aromatic nitrogens is 1. The molecule has 4 aliphatic rings. The van der Waals surface area contributed by atoms with Crippen molar-refractivity contribution >= 4 is 5.57 Å². The summed E-state index contributed by atoms with van der Waals surface area (Å²) in [4.78, 5) is 4.43. The van der Waals surface area contributed by atoms with Crippen molar-refractivity contribution < 1.29 is 5.11 Å². The highest BCUT2D eigenvalue weighted by molar-refractivity contribution is 5.75. The molecule has 0 aromatic carbocycles. The van der Waals surface area contributed by atoms with E-state index in [0.717, 1.165) is 30.6 Å². The molecule has 150 valence electrons. The van der Waals surface area contributed by atoms with Crippen LogP contribution >= 0.6 is 0 Å². The van der Waals surface area contributed by atoms with Crippen molar-refractivity contribution in [3.05, 3.63) is 47.3 Å². The third-order valence-electron chi connectivity index (χ3n) is 9.27. The van der Waals surface area contributed by atoms with Crippen LogP contribution in [0.1, 0.15) is 71.8 Å². The maximum Gasteiger partial charge on any atom is 0.0577 e. The van der Waals surface area contributed by atoms with E-state index in [9.17, 15) is 5.11 Å². The van der Waals surface area contributed by atoms with Gasteiger partial charge >= 0.3 is 0 Å². The predicted octanol–water partition coefficient (Wildman–Crippen LogP) is 6.03. The van der Waals surface area contributed by atoms with Gasteiger partial charge in [0.2, 0.25) is 0 Å². The number of hydrogen-bond acceptors (Lipinski definition) is 2. The van der Waals surface area contributed by atoms with Gasteiger partial charge in [0.25, 0.3) is 0 Å². The van der Waals surface area contributed by atoms with Crippen molar-refractivity contribution in [1.82, 2.24) is 4.98 Å². The molecular formula is C26H35NO. The van der Waals surface area contributed by atoms with Crippen LogP contribution in [-0.2, 0) is 0 Å². The first-order chi connectivity index (χ1) is 13.3. The molecule has 2 heteroatoms. The molecule has 2 fully saturated rings. The lowest BCUT2D eigenvalue weighted by Crippen LogP contribution is -2.52. The van der Waals surface area contributed by atoms with Crippen LogP contribution < -0.4 is 0 Å². The lowest BCUT2D eigenvalue weighted by molar-refractivity contribution is -0.0428. The summed E-state index contributed by atoms with van der Waals surface area (Å²) in [5, 5.41) is 10.3. The standard InChI is InChI=1S/C26H35NO/c1-16-12-19-14-20(28)7-9-25(19,3)21-8-10-26(4)22(23(16)21)13-17(2)24(26)18-6-5-11-27-15-18/h5-6,11-12,15-16,20-23,28H,7-10,13-14H2,1-4H3/t16?,20?,21-,22+,23-,25+,26+/m1/s1. The molecule has 1 aromatic rings. The molecule has 5 rings (SSSR count). The van der Waals surface area contributed by atoms with Crippen LogP contribution in [0.5, 0.6) is 0 Å². The van der Waals surface area contributed by atoms with E-state index in [1.807, 2.05) is 6.20 Å².